The highest BCUT2D eigenvalue weighted by atomic mass is 19.4. The number of pyridine rings is 1. The molecule has 0 fully saturated rings. The van der Waals surface area contributed by atoms with Crippen LogP contribution in [0.15, 0.2) is 34.9 Å². The maximum atomic E-state index is 12.7. The van der Waals surface area contributed by atoms with E-state index in [9.17, 15) is 13.2 Å². The van der Waals surface area contributed by atoms with Gasteiger partial charge in [0, 0.05) is 20.0 Å². The van der Waals surface area contributed by atoms with Crippen LogP contribution in [0.25, 0.3) is 0 Å². The van der Waals surface area contributed by atoms with E-state index in [4.69, 9.17) is 4.42 Å². The number of hydrogen-bond donors (Lipinski definition) is 2. The molecule has 0 atom stereocenters. The molecule has 0 unspecified atom stereocenters. The van der Waals surface area contributed by atoms with Crippen molar-refractivity contribution in [1.29, 1.82) is 0 Å². The summed E-state index contributed by atoms with van der Waals surface area (Å²) in [7, 11) is 1.52. The van der Waals surface area contributed by atoms with Gasteiger partial charge in [-0.2, -0.15) is 13.2 Å². The van der Waals surface area contributed by atoms with Gasteiger partial charge in [0.25, 0.3) is 0 Å². The molecule has 2 aromatic heterocycles. The van der Waals surface area contributed by atoms with E-state index in [1.807, 2.05) is 0 Å². The van der Waals surface area contributed by atoms with Gasteiger partial charge in [0.1, 0.15) is 17.4 Å². The third-order valence-electron chi connectivity index (χ3n) is 2.67. The lowest BCUT2D eigenvalue weighted by atomic mass is 10.2. The second-order valence-corrected chi connectivity index (χ2v) is 4.13. The van der Waals surface area contributed by atoms with Gasteiger partial charge >= 0.3 is 6.18 Å². The summed E-state index contributed by atoms with van der Waals surface area (Å²) >= 11 is 0. The minimum Gasteiger partial charge on any atom is -0.469 e. The largest absolute Gasteiger partial charge is 0.469 e. The van der Waals surface area contributed by atoms with Crippen molar-refractivity contribution >= 4 is 11.6 Å². The van der Waals surface area contributed by atoms with E-state index in [0.717, 1.165) is 17.9 Å². The highest BCUT2D eigenvalue weighted by Gasteiger charge is 2.31. The summed E-state index contributed by atoms with van der Waals surface area (Å²) in [6, 6.07) is 5.53. The van der Waals surface area contributed by atoms with Crippen LogP contribution in [0, 0.1) is 0 Å². The molecule has 20 heavy (non-hydrogen) atoms. The van der Waals surface area contributed by atoms with E-state index in [2.05, 4.69) is 15.6 Å². The first-order valence-corrected chi connectivity index (χ1v) is 6.02. The molecule has 2 heterocycles. The van der Waals surface area contributed by atoms with E-state index in [1.165, 1.54) is 7.05 Å². The Morgan fingerprint density at radius 1 is 1.25 bits per heavy atom. The first-order chi connectivity index (χ1) is 9.49. The van der Waals surface area contributed by atoms with Crippen molar-refractivity contribution < 1.29 is 17.6 Å². The average molecular weight is 285 g/mol. The van der Waals surface area contributed by atoms with Crippen LogP contribution in [-0.4, -0.2) is 18.6 Å². The maximum Gasteiger partial charge on any atom is 0.416 e. The van der Waals surface area contributed by atoms with Crippen LogP contribution < -0.4 is 10.6 Å². The van der Waals surface area contributed by atoms with Gasteiger partial charge in [0.15, 0.2) is 0 Å². The molecule has 7 heteroatoms. The Hall–Kier alpha value is -2.18. The summed E-state index contributed by atoms with van der Waals surface area (Å²) in [5.74, 6) is 1.11. The summed E-state index contributed by atoms with van der Waals surface area (Å²) in [4.78, 5) is 4.03. The smallest absolute Gasteiger partial charge is 0.416 e. The number of rotatable bonds is 5. The molecule has 0 radical (unpaired) electrons. The van der Waals surface area contributed by atoms with Gasteiger partial charge < -0.3 is 15.1 Å². The quantitative estimate of drug-likeness (QED) is 0.884. The molecule has 0 aromatic carbocycles. The van der Waals surface area contributed by atoms with Gasteiger partial charge in [0.2, 0.25) is 0 Å². The van der Waals surface area contributed by atoms with Crippen LogP contribution in [0.5, 0.6) is 0 Å². The average Bonchev–Trinajstić information content (AvgIpc) is 2.90. The molecule has 108 valence electrons. The zero-order valence-corrected chi connectivity index (χ0v) is 10.8. The third kappa shape index (κ3) is 3.66. The van der Waals surface area contributed by atoms with Crippen LogP contribution in [0.1, 0.15) is 11.3 Å². The third-order valence-corrected chi connectivity index (χ3v) is 2.67. The fraction of sp³-hybridized carbons (Fsp3) is 0.308. The Labute approximate surface area is 114 Å². The molecule has 2 rings (SSSR count). The molecule has 0 amide bonds. The van der Waals surface area contributed by atoms with Gasteiger partial charge in [-0.15, -0.1) is 0 Å². The minimum absolute atomic E-state index is 0.167. The number of nitrogens with zero attached hydrogens (tertiary/aromatic N) is 1. The number of halogens is 3. The van der Waals surface area contributed by atoms with Crippen LogP contribution >= 0.6 is 0 Å². The van der Waals surface area contributed by atoms with Gasteiger partial charge in [-0.1, -0.05) is 0 Å². The Morgan fingerprint density at radius 2 is 2.00 bits per heavy atom. The zero-order valence-electron chi connectivity index (χ0n) is 10.8. The van der Waals surface area contributed by atoms with Crippen molar-refractivity contribution in [3.05, 3.63) is 41.9 Å². The van der Waals surface area contributed by atoms with Crippen LogP contribution in [-0.2, 0) is 12.6 Å². The number of furan rings is 1. The summed E-state index contributed by atoms with van der Waals surface area (Å²) in [6.07, 6.45) is -2.28. The number of nitrogens with one attached hydrogen (secondary N) is 2. The normalized spacial score (nSPS) is 11.4. The summed E-state index contributed by atoms with van der Waals surface area (Å²) in [5, 5.41) is 5.47. The molecule has 0 spiro atoms. The first kappa shape index (κ1) is 14.2. The Balaban J connectivity index is 2.06. The van der Waals surface area contributed by atoms with Gasteiger partial charge in [-0.25, -0.2) is 4.98 Å². The lowest BCUT2D eigenvalue weighted by molar-refractivity contribution is -0.137. The van der Waals surface area contributed by atoms with Crippen molar-refractivity contribution in [2.45, 2.75) is 12.6 Å². The maximum absolute atomic E-state index is 12.7. The highest BCUT2D eigenvalue weighted by Crippen LogP contribution is 2.31. The van der Waals surface area contributed by atoms with Gasteiger partial charge in [-0.05, 0) is 24.3 Å². The predicted octanol–water partition coefficient (Wildman–Crippen LogP) is 3.39. The second kappa shape index (κ2) is 5.85. The fourth-order valence-corrected chi connectivity index (χ4v) is 1.68. The Morgan fingerprint density at radius 3 is 2.60 bits per heavy atom. The van der Waals surface area contributed by atoms with Crippen LogP contribution in [0.4, 0.5) is 24.8 Å². The molecule has 0 aliphatic carbocycles. The first-order valence-electron chi connectivity index (χ1n) is 6.02. The predicted molar refractivity (Wildman–Crippen MR) is 69.7 cm³/mol. The molecule has 4 nitrogen and oxygen atoms in total. The Bertz CT molecular complexity index is 552. The van der Waals surface area contributed by atoms with E-state index in [1.54, 1.807) is 18.4 Å². The van der Waals surface area contributed by atoms with Gasteiger partial charge in [0.05, 0.1) is 11.8 Å². The fourth-order valence-electron chi connectivity index (χ4n) is 1.68. The SMILES string of the molecule is CNc1cc(C(F)(F)F)cc(NCCc2ccco2)n1. The summed E-state index contributed by atoms with van der Waals surface area (Å²) < 4.78 is 43.3. The highest BCUT2D eigenvalue weighted by molar-refractivity contribution is 5.49. The molecule has 2 aromatic rings. The van der Waals surface area contributed by atoms with Crippen molar-refractivity contribution in [3.8, 4) is 0 Å². The summed E-state index contributed by atoms with van der Waals surface area (Å²) in [5.41, 5.74) is -0.739. The standard InChI is InChI=1S/C13H14F3N3O/c1-17-11-7-9(13(14,15)16)8-12(19-11)18-5-4-10-3-2-6-20-10/h2-3,6-8H,4-5H2,1H3,(H2,17,18,19). The Kier molecular flexibility index (Phi) is 4.16. The second-order valence-electron chi connectivity index (χ2n) is 4.13. The van der Waals surface area contributed by atoms with Crippen LogP contribution in [0.2, 0.25) is 0 Å². The van der Waals surface area contributed by atoms with Crippen LogP contribution in [0.3, 0.4) is 0 Å². The molecular formula is C13H14F3N3O. The molecule has 0 bridgehead atoms. The lowest BCUT2D eigenvalue weighted by Gasteiger charge is -2.12. The van der Waals surface area contributed by atoms with Crippen molar-refractivity contribution in [2.75, 3.05) is 24.2 Å². The summed E-state index contributed by atoms with van der Waals surface area (Å²) in [6.45, 7) is 0.435. The minimum atomic E-state index is -4.40. The molecular weight excluding hydrogens is 271 g/mol. The van der Waals surface area contributed by atoms with Crippen molar-refractivity contribution in [3.63, 3.8) is 0 Å². The van der Waals surface area contributed by atoms with Crippen molar-refractivity contribution in [2.24, 2.45) is 0 Å². The number of aromatic nitrogens is 1. The van der Waals surface area contributed by atoms with Gasteiger partial charge in [-0.3, -0.25) is 0 Å². The van der Waals surface area contributed by atoms with E-state index in [0.29, 0.717) is 13.0 Å². The molecule has 0 saturated heterocycles. The van der Waals surface area contributed by atoms with E-state index >= 15 is 0 Å². The zero-order chi connectivity index (χ0) is 14.6. The molecule has 0 saturated carbocycles. The number of alkyl halides is 3. The van der Waals surface area contributed by atoms with E-state index < -0.39 is 11.7 Å². The molecule has 0 aliphatic heterocycles. The van der Waals surface area contributed by atoms with Crippen molar-refractivity contribution in [1.82, 2.24) is 4.98 Å². The molecule has 0 aliphatic rings. The lowest BCUT2D eigenvalue weighted by Crippen LogP contribution is -2.11. The number of anilines is 2. The number of hydrogen-bond acceptors (Lipinski definition) is 4. The van der Waals surface area contributed by atoms with E-state index in [-0.39, 0.29) is 11.6 Å². The monoisotopic (exact) mass is 285 g/mol. The topological polar surface area (TPSA) is 50.1 Å². The molecule has 2 N–H and O–H groups in total.